The summed E-state index contributed by atoms with van der Waals surface area (Å²) >= 11 is 0. The summed E-state index contributed by atoms with van der Waals surface area (Å²) in [6, 6.07) is 2.06. The molecular formula is C14H20FN3O. The maximum atomic E-state index is 13.3. The Morgan fingerprint density at radius 1 is 1.58 bits per heavy atom. The second kappa shape index (κ2) is 6.63. The van der Waals surface area contributed by atoms with Crippen molar-refractivity contribution in [3.05, 3.63) is 36.3 Å². The molecule has 0 radical (unpaired) electrons. The Bertz CT molecular complexity index is 435. The fraction of sp³-hybridized carbons (Fsp3) is 0.500. The molecule has 1 aliphatic rings. The molecule has 0 spiro atoms. The van der Waals surface area contributed by atoms with E-state index in [1.165, 1.54) is 25.1 Å². The van der Waals surface area contributed by atoms with E-state index in [1.54, 1.807) is 6.08 Å². The van der Waals surface area contributed by atoms with Crippen LogP contribution in [0.4, 0.5) is 10.2 Å². The van der Waals surface area contributed by atoms with Gasteiger partial charge in [0.25, 0.3) is 0 Å². The topological polar surface area (TPSA) is 48.4 Å². The summed E-state index contributed by atoms with van der Waals surface area (Å²) in [7, 11) is 0. The fourth-order valence-electron chi connectivity index (χ4n) is 1.99. The zero-order valence-corrected chi connectivity index (χ0v) is 11.0. The molecule has 104 valence electrons. The lowest BCUT2D eigenvalue weighted by Gasteiger charge is -2.24. The molecular weight excluding hydrogens is 245 g/mol. The van der Waals surface area contributed by atoms with Gasteiger partial charge in [-0.15, -0.1) is 6.58 Å². The van der Waals surface area contributed by atoms with E-state index in [1.807, 2.05) is 4.90 Å². The number of hydrogen-bond donors (Lipinski definition) is 2. The molecule has 1 aliphatic carbocycles. The van der Waals surface area contributed by atoms with Gasteiger partial charge in [-0.05, 0) is 18.9 Å². The zero-order valence-electron chi connectivity index (χ0n) is 11.0. The van der Waals surface area contributed by atoms with Crippen LogP contribution < -0.4 is 10.2 Å². The molecule has 1 aromatic heterocycles. The van der Waals surface area contributed by atoms with Crippen LogP contribution in [-0.4, -0.2) is 35.8 Å². The molecule has 0 saturated heterocycles. The van der Waals surface area contributed by atoms with E-state index in [-0.39, 0.29) is 12.4 Å². The third-order valence-corrected chi connectivity index (χ3v) is 3.09. The van der Waals surface area contributed by atoms with Gasteiger partial charge in [-0.3, -0.25) is 0 Å². The van der Waals surface area contributed by atoms with E-state index in [0.717, 1.165) is 5.56 Å². The van der Waals surface area contributed by atoms with Crippen LogP contribution >= 0.6 is 0 Å². The quantitative estimate of drug-likeness (QED) is 0.699. The van der Waals surface area contributed by atoms with Crippen LogP contribution in [0.2, 0.25) is 0 Å². The zero-order chi connectivity index (χ0) is 13.7. The predicted octanol–water partition coefficient (Wildman–Crippen LogP) is 1.46. The predicted molar refractivity (Wildman–Crippen MR) is 73.6 cm³/mol. The van der Waals surface area contributed by atoms with Crippen molar-refractivity contribution in [2.45, 2.75) is 25.4 Å². The lowest BCUT2D eigenvalue weighted by molar-refractivity contribution is 0.302. The molecule has 1 aromatic rings. The van der Waals surface area contributed by atoms with Crippen LogP contribution in [0.3, 0.4) is 0 Å². The molecule has 0 atom stereocenters. The van der Waals surface area contributed by atoms with Gasteiger partial charge >= 0.3 is 0 Å². The number of aliphatic hydroxyl groups is 1. The summed E-state index contributed by atoms with van der Waals surface area (Å²) in [4.78, 5) is 6.07. The van der Waals surface area contributed by atoms with Crippen LogP contribution in [0.1, 0.15) is 18.4 Å². The van der Waals surface area contributed by atoms with Gasteiger partial charge in [0, 0.05) is 31.2 Å². The summed E-state index contributed by atoms with van der Waals surface area (Å²) < 4.78 is 13.3. The molecule has 2 N–H and O–H groups in total. The van der Waals surface area contributed by atoms with E-state index >= 15 is 0 Å². The number of hydrogen-bond acceptors (Lipinski definition) is 4. The molecule has 0 aromatic carbocycles. The highest BCUT2D eigenvalue weighted by atomic mass is 19.1. The van der Waals surface area contributed by atoms with Gasteiger partial charge in [0.05, 0.1) is 12.8 Å². The number of anilines is 1. The highest BCUT2D eigenvalue weighted by molar-refractivity contribution is 5.47. The van der Waals surface area contributed by atoms with Gasteiger partial charge in [-0.25, -0.2) is 9.37 Å². The Balaban J connectivity index is 2.16. The van der Waals surface area contributed by atoms with Crippen molar-refractivity contribution in [1.82, 2.24) is 10.3 Å². The maximum Gasteiger partial charge on any atom is 0.141 e. The minimum Gasteiger partial charge on any atom is -0.395 e. The number of halogens is 1. The average molecular weight is 265 g/mol. The van der Waals surface area contributed by atoms with E-state index in [2.05, 4.69) is 16.9 Å². The Hall–Kier alpha value is -1.46. The van der Waals surface area contributed by atoms with Crippen molar-refractivity contribution in [3.63, 3.8) is 0 Å². The molecule has 5 heteroatoms. The Labute approximate surface area is 113 Å². The van der Waals surface area contributed by atoms with Gasteiger partial charge in [-0.1, -0.05) is 6.08 Å². The number of rotatable bonds is 8. The van der Waals surface area contributed by atoms with Crippen LogP contribution in [-0.2, 0) is 6.54 Å². The lowest BCUT2D eigenvalue weighted by Crippen LogP contribution is -2.29. The smallest absolute Gasteiger partial charge is 0.141 e. The third kappa shape index (κ3) is 4.01. The SMILES string of the molecule is C=CCN(CCO)c1ncc(F)cc1CNC1CC1. The van der Waals surface area contributed by atoms with Crippen molar-refractivity contribution >= 4 is 5.82 Å². The number of pyridine rings is 1. The van der Waals surface area contributed by atoms with Crippen molar-refractivity contribution in [1.29, 1.82) is 0 Å². The number of aromatic nitrogens is 1. The molecule has 2 rings (SSSR count). The minimum atomic E-state index is -0.334. The molecule has 1 fully saturated rings. The van der Waals surface area contributed by atoms with Crippen LogP contribution in [0.5, 0.6) is 0 Å². The lowest BCUT2D eigenvalue weighted by atomic mass is 10.2. The standard InChI is InChI=1S/C14H20FN3O/c1-2-5-18(6-7-19)14-11(8-12(15)10-17-14)9-16-13-3-4-13/h2,8,10,13,16,19H,1,3-7,9H2. The molecule has 0 aliphatic heterocycles. The van der Waals surface area contributed by atoms with Crippen LogP contribution in [0.25, 0.3) is 0 Å². The summed E-state index contributed by atoms with van der Waals surface area (Å²) in [6.45, 7) is 5.37. The molecule has 1 saturated carbocycles. The fourth-order valence-corrected chi connectivity index (χ4v) is 1.99. The maximum absolute atomic E-state index is 13.3. The second-order valence-electron chi connectivity index (χ2n) is 4.75. The van der Waals surface area contributed by atoms with E-state index in [0.29, 0.717) is 31.5 Å². The highest BCUT2D eigenvalue weighted by Crippen LogP contribution is 2.22. The summed E-state index contributed by atoms with van der Waals surface area (Å²) in [6.07, 6.45) is 5.33. The number of nitrogens with one attached hydrogen (secondary N) is 1. The Morgan fingerprint density at radius 2 is 2.37 bits per heavy atom. The van der Waals surface area contributed by atoms with Crippen molar-refractivity contribution < 1.29 is 9.50 Å². The Kier molecular flexibility index (Phi) is 4.87. The monoisotopic (exact) mass is 265 g/mol. The molecule has 0 unspecified atom stereocenters. The van der Waals surface area contributed by atoms with Crippen molar-refractivity contribution in [3.8, 4) is 0 Å². The first-order valence-corrected chi connectivity index (χ1v) is 6.59. The highest BCUT2D eigenvalue weighted by Gasteiger charge is 2.21. The number of nitrogens with zero attached hydrogens (tertiary/aromatic N) is 2. The molecule has 19 heavy (non-hydrogen) atoms. The molecule has 4 nitrogen and oxygen atoms in total. The third-order valence-electron chi connectivity index (χ3n) is 3.09. The number of aliphatic hydroxyl groups excluding tert-OH is 1. The van der Waals surface area contributed by atoms with Gasteiger partial charge in [0.2, 0.25) is 0 Å². The van der Waals surface area contributed by atoms with Crippen molar-refractivity contribution in [2.75, 3.05) is 24.6 Å². The molecule has 1 heterocycles. The summed E-state index contributed by atoms with van der Waals surface area (Å²) in [5.74, 6) is 0.377. The van der Waals surface area contributed by atoms with Gasteiger partial charge < -0.3 is 15.3 Å². The summed E-state index contributed by atoms with van der Waals surface area (Å²) in [5.41, 5.74) is 0.821. The van der Waals surface area contributed by atoms with Gasteiger partial charge in [0.1, 0.15) is 11.6 Å². The summed E-state index contributed by atoms with van der Waals surface area (Å²) in [5, 5.41) is 12.5. The molecule has 0 bridgehead atoms. The van der Waals surface area contributed by atoms with E-state index in [4.69, 9.17) is 5.11 Å². The van der Waals surface area contributed by atoms with E-state index in [9.17, 15) is 4.39 Å². The average Bonchev–Trinajstić information content (AvgIpc) is 3.20. The molecule has 0 amide bonds. The van der Waals surface area contributed by atoms with Crippen molar-refractivity contribution in [2.24, 2.45) is 0 Å². The largest absolute Gasteiger partial charge is 0.395 e. The Morgan fingerprint density at radius 3 is 3.00 bits per heavy atom. The minimum absolute atomic E-state index is 0.0301. The van der Waals surface area contributed by atoms with Gasteiger partial charge in [-0.2, -0.15) is 0 Å². The first-order chi connectivity index (χ1) is 9.24. The second-order valence-corrected chi connectivity index (χ2v) is 4.75. The first-order valence-electron chi connectivity index (χ1n) is 6.59. The first kappa shape index (κ1) is 14.0. The van der Waals surface area contributed by atoms with Crippen LogP contribution in [0, 0.1) is 5.82 Å². The van der Waals surface area contributed by atoms with E-state index < -0.39 is 0 Å². The van der Waals surface area contributed by atoms with Gasteiger partial charge in [0.15, 0.2) is 0 Å². The normalized spacial score (nSPS) is 14.4. The van der Waals surface area contributed by atoms with Crippen LogP contribution in [0.15, 0.2) is 24.9 Å².